The monoisotopic (exact) mass is 379 g/mol. The third-order valence-electron chi connectivity index (χ3n) is 4.59. The molecule has 3 rings (SSSR count). The highest BCUT2D eigenvalue weighted by Gasteiger charge is 2.17. The van der Waals surface area contributed by atoms with Gasteiger partial charge in [0, 0.05) is 36.5 Å². The second-order valence-electron chi connectivity index (χ2n) is 6.81. The van der Waals surface area contributed by atoms with Gasteiger partial charge in [0.15, 0.2) is 5.82 Å². The van der Waals surface area contributed by atoms with Gasteiger partial charge in [-0.1, -0.05) is 36.4 Å². The van der Waals surface area contributed by atoms with E-state index in [1.807, 2.05) is 63.2 Å². The molecule has 1 atom stereocenters. The van der Waals surface area contributed by atoms with Crippen LogP contribution < -0.4 is 11.0 Å². The maximum atomic E-state index is 12.6. The van der Waals surface area contributed by atoms with Crippen molar-refractivity contribution >= 4 is 5.91 Å². The van der Waals surface area contributed by atoms with Crippen LogP contribution in [0.25, 0.3) is 11.4 Å². The lowest BCUT2D eigenvalue weighted by Crippen LogP contribution is -2.39. The summed E-state index contributed by atoms with van der Waals surface area (Å²) in [6.45, 7) is 6.18. The lowest BCUT2D eigenvalue weighted by Gasteiger charge is -2.14. The molecule has 0 unspecified atom stereocenters. The van der Waals surface area contributed by atoms with Crippen LogP contribution in [-0.2, 0) is 24.3 Å². The van der Waals surface area contributed by atoms with Crippen LogP contribution in [-0.4, -0.2) is 31.3 Å². The summed E-state index contributed by atoms with van der Waals surface area (Å²) in [5, 5.41) is 7.32. The fourth-order valence-corrected chi connectivity index (χ4v) is 3.16. The van der Waals surface area contributed by atoms with Crippen LogP contribution in [0.1, 0.15) is 25.1 Å². The van der Waals surface area contributed by atoms with Gasteiger partial charge in [-0.25, -0.2) is 9.48 Å². The summed E-state index contributed by atoms with van der Waals surface area (Å²) in [7, 11) is 0. The van der Waals surface area contributed by atoms with Crippen LogP contribution in [0.3, 0.4) is 0 Å². The van der Waals surface area contributed by atoms with Crippen LogP contribution in [0.15, 0.2) is 53.5 Å². The number of hydrogen-bond acceptors (Lipinski definition) is 4. The van der Waals surface area contributed by atoms with Gasteiger partial charge in [-0.2, -0.15) is 0 Å². The Bertz CT molecular complexity index is 1010. The summed E-state index contributed by atoms with van der Waals surface area (Å²) in [6, 6.07) is 13.3. The van der Waals surface area contributed by atoms with Crippen LogP contribution in [0.4, 0.5) is 0 Å². The molecule has 0 spiro atoms. The summed E-state index contributed by atoms with van der Waals surface area (Å²) in [5.41, 5.74) is 2.60. The number of carbonyl (C=O) groups excluding carboxylic acids is 1. The molecule has 0 aliphatic rings. The highest BCUT2D eigenvalue weighted by Crippen LogP contribution is 2.14. The smallest absolute Gasteiger partial charge is 0.346 e. The lowest BCUT2D eigenvalue weighted by atomic mass is 10.1. The van der Waals surface area contributed by atoms with E-state index in [2.05, 4.69) is 15.4 Å². The fourth-order valence-electron chi connectivity index (χ4n) is 3.16. The first-order chi connectivity index (χ1) is 13.5. The molecular weight excluding hydrogens is 354 g/mol. The molecule has 0 bridgehead atoms. The zero-order chi connectivity index (χ0) is 20.1. The third kappa shape index (κ3) is 4.36. The standard InChI is InChI=1S/C21H25N5O2/c1-4-25-20(17-10-6-5-7-11-17)24-26(21(25)28)14-19(27)23-16(3)13-18-15(2)9-8-12-22-18/h5-12,16H,4,13-14H2,1-3H3,(H,23,27)/t16-/m0/s1. The molecule has 0 saturated carbocycles. The average molecular weight is 379 g/mol. The second-order valence-corrected chi connectivity index (χ2v) is 6.81. The number of rotatable bonds is 7. The molecule has 0 aliphatic carbocycles. The molecule has 28 heavy (non-hydrogen) atoms. The van der Waals surface area contributed by atoms with E-state index in [1.54, 1.807) is 10.8 Å². The van der Waals surface area contributed by atoms with Crippen molar-refractivity contribution in [1.82, 2.24) is 24.6 Å². The van der Waals surface area contributed by atoms with Crippen molar-refractivity contribution in [2.45, 2.75) is 46.3 Å². The molecule has 2 heterocycles. The minimum absolute atomic E-state index is 0.0985. The predicted octanol–water partition coefficient (Wildman–Crippen LogP) is 2.18. The number of benzene rings is 1. The SMILES string of the molecule is CCn1c(-c2ccccc2)nn(CC(=O)N[C@@H](C)Cc2ncccc2C)c1=O. The van der Waals surface area contributed by atoms with Gasteiger partial charge in [-0.3, -0.25) is 14.3 Å². The number of nitrogens with zero attached hydrogens (tertiary/aromatic N) is 4. The lowest BCUT2D eigenvalue weighted by molar-refractivity contribution is -0.122. The quantitative estimate of drug-likeness (QED) is 0.682. The van der Waals surface area contributed by atoms with Gasteiger partial charge in [0.25, 0.3) is 0 Å². The summed E-state index contributed by atoms with van der Waals surface area (Å²) in [4.78, 5) is 29.4. The Morgan fingerprint density at radius 3 is 2.61 bits per heavy atom. The maximum absolute atomic E-state index is 12.6. The van der Waals surface area contributed by atoms with E-state index >= 15 is 0 Å². The minimum Gasteiger partial charge on any atom is -0.352 e. The normalized spacial score (nSPS) is 12.0. The first kappa shape index (κ1) is 19.5. The highest BCUT2D eigenvalue weighted by atomic mass is 16.2. The molecular formula is C21H25N5O2. The van der Waals surface area contributed by atoms with Crippen molar-refractivity contribution in [2.24, 2.45) is 0 Å². The molecule has 0 radical (unpaired) electrons. The first-order valence-electron chi connectivity index (χ1n) is 9.42. The molecule has 1 aromatic carbocycles. The van der Waals surface area contributed by atoms with E-state index in [0.29, 0.717) is 18.8 Å². The van der Waals surface area contributed by atoms with Gasteiger partial charge in [-0.05, 0) is 32.4 Å². The summed E-state index contributed by atoms with van der Waals surface area (Å²) < 4.78 is 2.79. The van der Waals surface area contributed by atoms with Crippen molar-refractivity contribution in [2.75, 3.05) is 0 Å². The Kier molecular flexibility index (Phi) is 6.03. The Labute approximate surface area is 164 Å². The van der Waals surface area contributed by atoms with E-state index in [4.69, 9.17) is 0 Å². The Morgan fingerprint density at radius 2 is 1.93 bits per heavy atom. The largest absolute Gasteiger partial charge is 0.352 e. The molecule has 0 aliphatic heterocycles. The predicted molar refractivity (Wildman–Crippen MR) is 108 cm³/mol. The average Bonchev–Trinajstić information content (AvgIpc) is 2.99. The Hall–Kier alpha value is -3.22. The van der Waals surface area contributed by atoms with Crippen molar-refractivity contribution in [3.05, 3.63) is 70.4 Å². The number of carbonyl (C=O) groups is 1. The molecule has 2 aromatic heterocycles. The Balaban J connectivity index is 1.71. The summed E-state index contributed by atoms with van der Waals surface area (Å²) >= 11 is 0. The number of hydrogen-bond donors (Lipinski definition) is 1. The van der Waals surface area contributed by atoms with E-state index in [-0.39, 0.29) is 24.2 Å². The highest BCUT2D eigenvalue weighted by molar-refractivity contribution is 5.76. The molecule has 146 valence electrons. The van der Waals surface area contributed by atoms with Gasteiger partial charge in [0.1, 0.15) is 6.54 Å². The van der Waals surface area contributed by atoms with Gasteiger partial charge in [0.2, 0.25) is 5.91 Å². The van der Waals surface area contributed by atoms with Crippen LogP contribution in [0.2, 0.25) is 0 Å². The molecule has 7 nitrogen and oxygen atoms in total. The van der Waals surface area contributed by atoms with Gasteiger partial charge < -0.3 is 5.32 Å². The van der Waals surface area contributed by atoms with E-state index < -0.39 is 0 Å². The van der Waals surface area contributed by atoms with Crippen molar-refractivity contribution in [3.8, 4) is 11.4 Å². The van der Waals surface area contributed by atoms with Crippen LogP contribution >= 0.6 is 0 Å². The van der Waals surface area contributed by atoms with Crippen LogP contribution in [0.5, 0.6) is 0 Å². The molecule has 1 amide bonds. The van der Waals surface area contributed by atoms with Gasteiger partial charge in [0.05, 0.1) is 0 Å². The van der Waals surface area contributed by atoms with Crippen molar-refractivity contribution in [3.63, 3.8) is 0 Å². The number of amides is 1. The molecule has 1 N–H and O–H groups in total. The van der Waals surface area contributed by atoms with E-state index in [0.717, 1.165) is 16.8 Å². The molecule has 3 aromatic rings. The van der Waals surface area contributed by atoms with Gasteiger partial charge >= 0.3 is 5.69 Å². The van der Waals surface area contributed by atoms with Crippen molar-refractivity contribution in [1.29, 1.82) is 0 Å². The number of aromatic nitrogens is 4. The fraction of sp³-hybridized carbons (Fsp3) is 0.333. The molecule has 0 saturated heterocycles. The first-order valence-corrected chi connectivity index (χ1v) is 9.42. The number of pyridine rings is 1. The zero-order valence-corrected chi connectivity index (χ0v) is 16.4. The van der Waals surface area contributed by atoms with E-state index in [9.17, 15) is 9.59 Å². The second kappa shape index (κ2) is 8.65. The van der Waals surface area contributed by atoms with Gasteiger partial charge in [-0.15, -0.1) is 5.10 Å². The number of aryl methyl sites for hydroxylation is 1. The van der Waals surface area contributed by atoms with Crippen LogP contribution in [0, 0.1) is 6.92 Å². The maximum Gasteiger partial charge on any atom is 0.346 e. The summed E-state index contributed by atoms with van der Waals surface area (Å²) in [6.07, 6.45) is 2.38. The van der Waals surface area contributed by atoms with E-state index in [1.165, 1.54) is 4.68 Å². The Morgan fingerprint density at radius 1 is 1.18 bits per heavy atom. The zero-order valence-electron chi connectivity index (χ0n) is 16.4. The third-order valence-corrected chi connectivity index (χ3v) is 4.59. The molecule has 7 heteroatoms. The topological polar surface area (TPSA) is 81.8 Å². The minimum atomic E-state index is -0.287. The number of nitrogens with one attached hydrogen (secondary N) is 1. The van der Waals surface area contributed by atoms with Crippen molar-refractivity contribution < 1.29 is 4.79 Å². The molecule has 0 fully saturated rings. The summed E-state index contributed by atoms with van der Waals surface area (Å²) in [5.74, 6) is 0.321.